The summed E-state index contributed by atoms with van der Waals surface area (Å²) in [5.41, 5.74) is 12.3. The number of hydrogen-bond acceptors (Lipinski definition) is 14. The summed E-state index contributed by atoms with van der Waals surface area (Å²) in [5.74, 6) is -16.8. The van der Waals surface area contributed by atoms with E-state index in [0.717, 1.165) is 128 Å². The number of hydrogen-bond donors (Lipinski definition) is 0. The first-order chi connectivity index (χ1) is 46.3. The Hall–Kier alpha value is -7.44. The van der Waals surface area contributed by atoms with Crippen LogP contribution >= 0.6 is 90.7 Å². The first kappa shape index (κ1) is 74.3. The van der Waals surface area contributed by atoms with Crippen molar-refractivity contribution in [3.63, 3.8) is 0 Å². The van der Waals surface area contributed by atoms with Gasteiger partial charge in [-0.1, -0.05) is 36.4 Å². The van der Waals surface area contributed by atoms with Crippen LogP contribution < -0.4 is 0 Å². The Kier molecular flexibility index (Phi) is 20.6. The monoisotopic (exact) mass is 1480 g/mol. The van der Waals surface area contributed by atoms with Gasteiger partial charge in [0.05, 0.1) is 35.8 Å². The maximum absolute atomic E-state index is 15.2. The van der Waals surface area contributed by atoms with Crippen molar-refractivity contribution in [1.29, 1.82) is 5.26 Å². The third-order valence-electron chi connectivity index (χ3n) is 19.0. The molecule has 0 saturated heterocycles. The number of aryl methyl sites for hydroxylation is 14. The molecule has 0 spiro atoms. The van der Waals surface area contributed by atoms with Crippen molar-refractivity contribution in [3.05, 3.63) is 206 Å². The predicted octanol–water partition coefficient (Wildman–Crippen LogP) is 24.3. The number of benzene rings is 2. The average molecular weight is 1490 g/mol. The number of halogens is 6. The van der Waals surface area contributed by atoms with Gasteiger partial charge in [-0.05, 0) is 200 Å². The number of ketones is 2. The highest BCUT2D eigenvalue weighted by atomic mass is 32.1. The predicted molar refractivity (Wildman–Crippen MR) is 404 cm³/mol. The van der Waals surface area contributed by atoms with Gasteiger partial charge >= 0.3 is 29.7 Å². The van der Waals surface area contributed by atoms with Crippen LogP contribution in [-0.4, -0.2) is 41.3 Å². The number of esters is 2. The molecule has 13 rings (SSSR count). The van der Waals surface area contributed by atoms with Gasteiger partial charge in [0.15, 0.2) is 11.6 Å². The van der Waals surface area contributed by atoms with Crippen molar-refractivity contribution in [1.82, 2.24) is 0 Å². The summed E-state index contributed by atoms with van der Waals surface area (Å²) >= 11 is 12.3. The second-order valence-corrected chi connectivity index (χ2v) is 36.1. The molecule has 0 amide bonds. The van der Waals surface area contributed by atoms with Crippen molar-refractivity contribution in [2.24, 2.45) is 0 Å². The lowest BCUT2D eigenvalue weighted by molar-refractivity contribution is -0.254. The highest BCUT2D eigenvalue weighted by Crippen LogP contribution is 2.67. The Balaban J connectivity index is 0.000000144. The first-order valence-electron chi connectivity index (χ1n) is 31.4. The van der Waals surface area contributed by atoms with E-state index >= 15 is 17.6 Å². The normalized spacial score (nSPS) is 15.8. The molecule has 8 aromatic heterocycles. The highest BCUT2D eigenvalue weighted by molar-refractivity contribution is 7.20. The van der Waals surface area contributed by atoms with E-state index in [1.807, 2.05) is 96.9 Å². The Morgan fingerprint density at radius 2 is 0.697 bits per heavy atom. The van der Waals surface area contributed by atoms with Gasteiger partial charge < -0.3 is 4.74 Å². The SMILES string of the molecule is Cc1sc(C)c(C2=C(c3c(C)sc(C)c3C)C(=O)CC2=O)c1C.Cc1sc(C)c(C2=C(c3c(C)sc(C)c3C)C(=O)OC2=O)c1C.Cc1sc2ccccc2c1C1=C(c2c(C)sc3ccccc23)C(F)(F)C(F)(F)C1(F)F.[C-]#[N+]/C(=C(\C#N)c1c(C)sc(C)c1C)c1c(C)sc(C)c1C. The highest BCUT2D eigenvalue weighted by Gasteiger charge is 2.80. The minimum absolute atomic E-state index is 0.00617. The third kappa shape index (κ3) is 12.3. The maximum Gasteiger partial charge on any atom is 0.380 e. The Bertz CT molecular complexity index is 4890. The van der Waals surface area contributed by atoms with Gasteiger partial charge in [-0.3, -0.25) is 9.59 Å². The van der Waals surface area contributed by atoms with Crippen molar-refractivity contribution in [3.8, 4) is 6.07 Å². The van der Waals surface area contributed by atoms with E-state index in [1.165, 1.54) is 45.5 Å². The molecule has 10 aromatic rings. The lowest BCUT2D eigenvalue weighted by Crippen LogP contribution is -2.48. The number of fused-ring (bicyclic) bond motifs is 2. The molecule has 0 saturated carbocycles. The molecule has 2 aliphatic carbocycles. The second kappa shape index (κ2) is 27.5. The van der Waals surface area contributed by atoms with E-state index in [0.29, 0.717) is 52.7 Å². The number of Topliss-reactive ketones (excluding diaryl/α,β-unsaturated/α-hetero) is 2. The van der Waals surface area contributed by atoms with Gasteiger partial charge in [-0.15, -0.1) is 90.7 Å². The topological polar surface area (TPSA) is 106 Å². The van der Waals surface area contributed by atoms with E-state index in [2.05, 4.69) is 38.6 Å². The van der Waals surface area contributed by atoms with Crippen molar-refractivity contribution in [2.45, 2.75) is 163 Å². The molecule has 7 nitrogen and oxygen atoms in total. The van der Waals surface area contributed by atoms with Gasteiger partial charge in [0.2, 0.25) is 5.70 Å². The Morgan fingerprint density at radius 3 is 0.990 bits per heavy atom. The van der Waals surface area contributed by atoms with E-state index < -0.39 is 40.9 Å². The van der Waals surface area contributed by atoms with Crippen molar-refractivity contribution < 1.29 is 50.3 Å². The van der Waals surface area contributed by atoms with Crippen LogP contribution in [0.1, 0.15) is 153 Å². The number of allylic oxidation sites excluding steroid dienone is 5. The van der Waals surface area contributed by atoms with Gasteiger partial charge in [-0.25, -0.2) is 14.4 Å². The lowest BCUT2D eigenvalue weighted by atomic mass is 9.92. The standard InChI is InChI=1S/C23H14F6S2.C19H20O2S2.C18H18N2S2.C18H18O3S2/c1-11-17(13-7-3-5-9-15(13)30-11)19-20(22(26,27)23(28,29)21(19,24)25)18-12(2)31-16-10-6-4-8-14(16)18;1-8-10(3)22-12(5)16(8)18-14(20)7-15(21)19(18)17-9(2)11(4)23-13(17)6;1-9-11(3)21-13(5)16(9)15(8-19)18(20-7)17-10(2)12(4)22-14(17)6;1-7-9(3)22-11(5)13(7)15-16(18(20)21-17(15)19)14-8(2)10(4)23-12(14)6/h3-10H,1-2H3;7H2,1-6H3;1-6H3;1-6H3/b;;18-15+;. The number of ether oxygens (including phenoxy) is 1. The minimum Gasteiger partial charge on any atom is -0.386 e. The summed E-state index contributed by atoms with van der Waals surface area (Å²) in [6.45, 7) is 47.2. The quantitative estimate of drug-likeness (QED) is 0.0493. The fourth-order valence-electron chi connectivity index (χ4n) is 13.7. The first-order valence-corrected chi connectivity index (χ1v) is 37.9. The molecule has 9 heterocycles. The number of nitrogens with zero attached hydrogens (tertiary/aromatic N) is 2. The molecule has 1 aliphatic heterocycles. The molecule has 2 aromatic carbocycles. The zero-order valence-electron chi connectivity index (χ0n) is 58.3. The molecule has 0 N–H and O–H groups in total. The number of cyclic esters (lactones) is 2. The molecule has 512 valence electrons. The second-order valence-electron chi connectivity index (χ2n) is 25.0. The van der Waals surface area contributed by atoms with Gasteiger partial charge in [0.1, 0.15) is 0 Å². The van der Waals surface area contributed by atoms with Crippen LogP contribution in [0.25, 0.3) is 69.7 Å². The smallest absolute Gasteiger partial charge is 0.380 e. The fraction of sp³-hybridized carbons (Fsp3) is 0.308. The van der Waals surface area contributed by atoms with Crippen LogP contribution in [0.4, 0.5) is 26.3 Å². The van der Waals surface area contributed by atoms with E-state index in [-0.39, 0.29) is 39.9 Å². The average Bonchev–Trinajstić information content (AvgIpc) is 1.52. The third-order valence-corrected chi connectivity index (χ3v) is 27.9. The number of alkyl halides is 6. The lowest BCUT2D eigenvalue weighted by Gasteiger charge is -2.26. The number of rotatable bonds is 8. The zero-order valence-corrected chi connectivity index (χ0v) is 64.8. The summed E-state index contributed by atoms with van der Waals surface area (Å²) in [4.78, 5) is 68.2. The largest absolute Gasteiger partial charge is 0.386 e. The van der Waals surface area contributed by atoms with Crippen molar-refractivity contribution in [2.75, 3.05) is 0 Å². The summed E-state index contributed by atoms with van der Waals surface area (Å²) in [7, 11) is 0. The number of nitriles is 1. The van der Waals surface area contributed by atoms with Crippen molar-refractivity contribution >= 4 is 179 Å². The Morgan fingerprint density at radius 1 is 0.404 bits per heavy atom. The number of carbonyl (C=O) groups is 4. The molecule has 0 unspecified atom stereocenters. The van der Waals surface area contributed by atoms with Crippen LogP contribution in [0.15, 0.2) is 48.5 Å². The Labute approximate surface area is 604 Å². The zero-order chi connectivity index (χ0) is 73.0. The number of thiophene rings is 8. The van der Waals surface area contributed by atoms with Gasteiger partial charge in [0, 0.05) is 139 Å². The van der Waals surface area contributed by atoms with Crippen LogP contribution in [0, 0.1) is 156 Å². The van der Waals surface area contributed by atoms with E-state index in [9.17, 15) is 33.2 Å². The summed E-state index contributed by atoms with van der Waals surface area (Å²) in [6, 6.07) is 15.1. The van der Waals surface area contributed by atoms with Gasteiger partial charge in [-0.2, -0.15) is 31.6 Å². The molecule has 0 radical (unpaired) electrons. The molecule has 0 bridgehead atoms. The van der Waals surface area contributed by atoms with E-state index in [1.54, 1.807) is 104 Å². The van der Waals surface area contributed by atoms with Crippen LogP contribution in [-0.2, 0) is 23.9 Å². The molecular weight excluding hydrogens is 1420 g/mol. The molecule has 0 fully saturated rings. The molecule has 99 heavy (non-hydrogen) atoms. The minimum atomic E-state index is -5.56. The molecular formula is C78H70F6N2O5S8. The summed E-state index contributed by atoms with van der Waals surface area (Å²) in [6.07, 6.45) is 0.00617. The number of carbonyl (C=O) groups excluding carboxylic acids is 4. The molecule has 21 heteroatoms. The summed E-state index contributed by atoms with van der Waals surface area (Å²) in [5, 5.41) is 10.3. The van der Waals surface area contributed by atoms with Crippen LogP contribution in [0.5, 0.6) is 0 Å². The maximum atomic E-state index is 15.2. The fourth-order valence-corrected chi connectivity index (χ4v) is 22.3. The van der Waals surface area contributed by atoms with Crippen LogP contribution in [0.2, 0.25) is 0 Å². The molecule has 3 aliphatic rings. The van der Waals surface area contributed by atoms with Gasteiger partial charge in [0.25, 0.3) is 0 Å². The van der Waals surface area contributed by atoms with Crippen LogP contribution in [0.3, 0.4) is 0 Å². The molecule has 0 atom stereocenters. The van der Waals surface area contributed by atoms with E-state index in [4.69, 9.17) is 11.3 Å². The summed E-state index contributed by atoms with van der Waals surface area (Å²) < 4.78 is 96.6.